The maximum absolute atomic E-state index is 12.9. The van der Waals surface area contributed by atoms with Gasteiger partial charge in [0.15, 0.2) is 11.0 Å². The van der Waals surface area contributed by atoms with Crippen molar-refractivity contribution in [2.45, 2.75) is 37.1 Å². The summed E-state index contributed by atoms with van der Waals surface area (Å²) in [6.07, 6.45) is 0.977. The molecule has 0 aliphatic carbocycles. The molecular weight excluding hydrogens is 329 g/mol. The largest absolute Gasteiger partial charge is 0.406 e. The summed E-state index contributed by atoms with van der Waals surface area (Å²) in [7, 11) is 0. The molecule has 0 amide bonds. The third kappa shape index (κ3) is 5.51. The summed E-state index contributed by atoms with van der Waals surface area (Å²) < 4.78 is 39.7. The Kier molecular flexibility index (Phi) is 6.40. The molecule has 0 bridgehead atoms. The van der Waals surface area contributed by atoms with Gasteiger partial charge < -0.3 is 5.11 Å². The quantitative estimate of drug-likeness (QED) is 0.588. The van der Waals surface area contributed by atoms with E-state index in [2.05, 4.69) is 15.2 Å². The van der Waals surface area contributed by atoms with Gasteiger partial charge in [0.2, 0.25) is 0 Å². The monoisotopic (exact) mass is 346 g/mol. The fourth-order valence-corrected chi connectivity index (χ4v) is 2.92. The number of nitrogens with zero attached hydrogens (tertiary/aromatic N) is 4. The van der Waals surface area contributed by atoms with Gasteiger partial charge in [-0.3, -0.25) is 9.55 Å². The lowest BCUT2D eigenvalue weighted by Gasteiger charge is -2.12. The number of aromatic nitrogens is 4. The van der Waals surface area contributed by atoms with Crippen LogP contribution in [0.2, 0.25) is 0 Å². The molecule has 0 aromatic carbocycles. The van der Waals surface area contributed by atoms with Crippen molar-refractivity contribution in [2.75, 3.05) is 12.4 Å². The highest BCUT2D eigenvalue weighted by Gasteiger charge is 2.31. The highest BCUT2D eigenvalue weighted by molar-refractivity contribution is 7.99. The fraction of sp³-hybridized carbons (Fsp3) is 0.500. The zero-order valence-electron chi connectivity index (χ0n) is 12.3. The predicted molar refractivity (Wildman–Crippen MR) is 81.0 cm³/mol. The van der Waals surface area contributed by atoms with Crippen LogP contribution in [0.5, 0.6) is 0 Å². The molecule has 23 heavy (non-hydrogen) atoms. The van der Waals surface area contributed by atoms with E-state index in [-0.39, 0.29) is 17.6 Å². The topological polar surface area (TPSA) is 63.8 Å². The Morgan fingerprint density at radius 2 is 1.83 bits per heavy atom. The van der Waals surface area contributed by atoms with Crippen LogP contribution in [0.1, 0.15) is 19.3 Å². The van der Waals surface area contributed by atoms with Crippen molar-refractivity contribution in [1.29, 1.82) is 0 Å². The Bertz CT molecular complexity index is 604. The second-order valence-corrected chi connectivity index (χ2v) is 5.94. The smallest absolute Gasteiger partial charge is 0.396 e. The minimum Gasteiger partial charge on any atom is -0.396 e. The molecule has 0 radical (unpaired) electrons. The molecule has 0 fully saturated rings. The number of hydrogen-bond acceptors (Lipinski definition) is 5. The van der Waals surface area contributed by atoms with Gasteiger partial charge in [0.25, 0.3) is 0 Å². The summed E-state index contributed by atoms with van der Waals surface area (Å²) >= 11 is 1.25. The third-order valence-electron chi connectivity index (χ3n) is 3.03. The van der Waals surface area contributed by atoms with Gasteiger partial charge in [-0.15, -0.1) is 10.2 Å². The number of halogens is 3. The van der Waals surface area contributed by atoms with Gasteiger partial charge in [-0.1, -0.05) is 18.2 Å². The van der Waals surface area contributed by atoms with Crippen LogP contribution in [0.4, 0.5) is 13.2 Å². The number of thioether (sulfide) groups is 1. The molecule has 0 saturated heterocycles. The summed E-state index contributed by atoms with van der Waals surface area (Å²) in [5.41, 5.74) is 0.545. The molecular formula is C14H17F3N4OS. The minimum atomic E-state index is -4.35. The van der Waals surface area contributed by atoms with Crippen LogP contribution >= 0.6 is 11.8 Å². The van der Waals surface area contributed by atoms with E-state index >= 15 is 0 Å². The van der Waals surface area contributed by atoms with Crippen LogP contribution in [0.15, 0.2) is 29.7 Å². The van der Waals surface area contributed by atoms with E-state index in [1.54, 1.807) is 12.1 Å². The average Bonchev–Trinajstić information content (AvgIpc) is 2.89. The first-order valence-electron chi connectivity index (χ1n) is 7.15. The van der Waals surface area contributed by atoms with Crippen molar-refractivity contribution in [3.63, 3.8) is 0 Å². The summed E-state index contributed by atoms with van der Waals surface area (Å²) in [6, 6.07) is 3.21. The van der Waals surface area contributed by atoms with Crippen LogP contribution in [0.25, 0.3) is 11.4 Å². The second-order valence-electron chi connectivity index (χ2n) is 4.88. The number of pyridine rings is 1. The number of aliphatic hydroxyl groups excluding tert-OH is 1. The first-order chi connectivity index (χ1) is 11.0. The number of unbranched alkanes of at least 4 members (excludes halogenated alkanes) is 2. The number of aliphatic hydroxyl groups is 1. The van der Waals surface area contributed by atoms with Gasteiger partial charge in [-0.25, -0.2) is 0 Å². The Hall–Kier alpha value is -1.61. The minimum absolute atomic E-state index is 0.126. The standard InChI is InChI=1S/C14H17F3N4OS/c15-14(16,17)10-21-12(11-4-6-18-7-5-11)19-20-13(21)23-9-3-1-2-8-22/h4-7,22H,1-3,8-10H2. The van der Waals surface area contributed by atoms with Crippen molar-refractivity contribution in [2.24, 2.45) is 0 Å². The Morgan fingerprint density at radius 1 is 1.09 bits per heavy atom. The van der Waals surface area contributed by atoms with Gasteiger partial charge in [0, 0.05) is 30.3 Å². The molecule has 0 spiro atoms. The molecule has 0 saturated carbocycles. The SMILES string of the molecule is OCCCCCSc1nnc(-c2ccncc2)n1CC(F)(F)F. The molecule has 9 heteroatoms. The molecule has 0 atom stereocenters. The van der Waals surface area contributed by atoms with Crippen LogP contribution in [-0.2, 0) is 6.54 Å². The fourth-order valence-electron chi connectivity index (χ4n) is 1.99. The van der Waals surface area contributed by atoms with Crippen molar-refractivity contribution < 1.29 is 18.3 Å². The van der Waals surface area contributed by atoms with E-state index in [0.717, 1.165) is 17.4 Å². The van der Waals surface area contributed by atoms with E-state index in [9.17, 15) is 13.2 Å². The Morgan fingerprint density at radius 3 is 2.48 bits per heavy atom. The molecule has 2 heterocycles. The highest BCUT2D eigenvalue weighted by atomic mass is 32.2. The van der Waals surface area contributed by atoms with Gasteiger partial charge in [-0.05, 0) is 25.0 Å². The third-order valence-corrected chi connectivity index (χ3v) is 4.08. The van der Waals surface area contributed by atoms with Crippen molar-refractivity contribution >= 4 is 11.8 Å². The highest BCUT2D eigenvalue weighted by Crippen LogP contribution is 2.28. The molecule has 2 aromatic rings. The maximum Gasteiger partial charge on any atom is 0.406 e. The summed E-state index contributed by atoms with van der Waals surface area (Å²) in [5, 5.41) is 16.8. The molecule has 126 valence electrons. The van der Waals surface area contributed by atoms with Crippen LogP contribution < -0.4 is 0 Å². The van der Waals surface area contributed by atoms with E-state index in [0.29, 0.717) is 17.7 Å². The van der Waals surface area contributed by atoms with Gasteiger partial charge in [0.1, 0.15) is 6.54 Å². The number of rotatable bonds is 8. The zero-order chi connectivity index (χ0) is 16.7. The maximum atomic E-state index is 12.9. The van der Waals surface area contributed by atoms with Gasteiger partial charge in [-0.2, -0.15) is 13.2 Å². The summed E-state index contributed by atoms with van der Waals surface area (Å²) in [4.78, 5) is 3.85. The number of alkyl halides is 3. The second kappa shape index (κ2) is 8.30. The van der Waals surface area contributed by atoms with Crippen molar-refractivity contribution in [3.8, 4) is 11.4 Å². The molecule has 2 rings (SSSR count). The molecule has 2 aromatic heterocycles. The molecule has 0 aliphatic rings. The van der Waals surface area contributed by atoms with Gasteiger partial charge in [0.05, 0.1) is 0 Å². The van der Waals surface area contributed by atoms with Crippen LogP contribution in [0, 0.1) is 0 Å². The zero-order valence-corrected chi connectivity index (χ0v) is 13.1. The molecule has 0 aliphatic heterocycles. The van der Waals surface area contributed by atoms with E-state index in [4.69, 9.17) is 5.11 Å². The molecule has 5 nitrogen and oxygen atoms in total. The normalized spacial score (nSPS) is 11.8. The lowest BCUT2D eigenvalue weighted by Crippen LogP contribution is -2.19. The van der Waals surface area contributed by atoms with E-state index in [1.807, 2.05) is 0 Å². The van der Waals surface area contributed by atoms with Crippen LogP contribution in [-0.4, -0.2) is 43.4 Å². The molecule has 1 N–H and O–H groups in total. The van der Waals surface area contributed by atoms with E-state index < -0.39 is 12.7 Å². The van der Waals surface area contributed by atoms with Crippen molar-refractivity contribution in [1.82, 2.24) is 19.7 Å². The molecule has 0 unspecified atom stereocenters. The van der Waals surface area contributed by atoms with Crippen molar-refractivity contribution in [3.05, 3.63) is 24.5 Å². The number of hydrogen-bond donors (Lipinski definition) is 1. The predicted octanol–water partition coefficient (Wildman–Crippen LogP) is 3.16. The van der Waals surface area contributed by atoms with E-state index in [1.165, 1.54) is 24.2 Å². The summed E-state index contributed by atoms with van der Waals surface area (Å²) in [6.45, 7) is -1.00. The first kappa shape index (κ1) is 17.7. The average molecular weight is 346 g/mol. The van der Waals surface area contributed by atoms with Crippen LogP contribution in [0.3, 0.4) is 0 Å². The van der Waals surface area contributed by atoms with Gasteiger partial charge >= 0.3 is 6.18 Å². The lowest BCUT2D eigenvalue weighted by molar-refractivity contribution is -0.141. The Balaban J connectivity index is 2.16. The Labute approximate surface area is 136 Å². The summed E-state index contributed by atoms with van der Waals surface area (Å²) in [5.74, 6) is 0.814. The first-order valence-corrected chi connectivity index (χ1v) is 8.14. The lowest BCUT2D eigenvalue weighted by atomic mass is 10.2.